The third-order valence-corrected chi connectivity index (χ3v) is 5.87. The molecule has 0 saturated carbocycles. The van der Waals surface area contributed by atoms with Crippen molar-refractivity contribution in [1.29, 1.82) is 0 Å². The maximum absolute atomic E-state index is 14.0. The summed E-state index contributed by atoms with van der Waals surface area (Å²) in [7, 11) is 0. The van der Waals surface area contributed by atoms with Crippen LogP contribution < -0.4 is 11.1 Å². The van der Waals surface area contributed by atoms with Gasteiger partial charge in [-0.25, -0.2) is 24.9 Å². The highest BCUT2D eigenvalue weighted by molar-refractivity contribution is 6.06. The number of aryl methyl sites for hydroxylation is 1. The summed E-state index contributed by atoms with van der Waals surface area (Å²) < 4.78 is 53.0. The predicted octanol–water partition coefficient (Wildman–Crippen LogP) is 5.16. The minimum atomic E-state index is -4.71. The van der Waals surface area contributed by atoms with Gasteiger partial charge in [0.05, 0.1) is 11.1 Å². The van der Waals surface area contributed by atoms with Crippen LogP contribution in [0.4, 0.5) is 29.3 Å². The standard InChI is InChI=1S/C26H17F4N7O2/c1-12-2-3-14(24(39)36-20-9-18(26(28,29)30)34-11-35-20)6-16(12)17-7-15-10-33-25(31)37-22(15)21(23(17)38)13-4-5-32-19(27)8-13/h2-11,38H,1H3,(H2,31,33,37)(H,34,35,36,39). The van der Waals surface area contributed by atoms with Crippen LogP contribution in [0.25, 0.3) is 33.2 Å². The number of fused-ring (bicyclic) bond motifs is 1. The maximum atomic E-state index is 14.0. The monoisotopic (exact) mass is 535 g/mol. The van der Waals surface area contributed by atoms with E-state index in [-0.39, 0.29) is 45.3 Å². The second kappa shape index (κ2) is 9.59. The highest BCUT2D eigenvalue weighted by atomic mass is 19.4. The second-order valence-corrected chi connectivity index (χ2v) is 8.45. The van der Waals surface area contributed by atoms with Crippen molar-refractivity contribution in [3.63, 3.8) is 0 Å². The molecule has 9 nitrogen and oxygen atoms in total. The van der Waals surface area contributed by atoms with E-state index in [4.69, 9.17) is 5.73 Å². The van der Waals surface area contributed by atoms with Crippen LogP contribution in [0.5, 0.6) is 5.75 Å². The van der Waals surface area contributed by atoms with Gasteiger partial charge in [-0.05, 0) is 47.9 Å². The van der Waals surface area contributed by atoms with Crippen molar-refractivity contribution < 1.29 is 27.5 Å². The molecule has 0 spiro atoms. The Hall–Kier alpha value is -5.20. The lowest BCUT2D eigenvalue weighted by atomic mass is 9.91. The van der Waals surface area contributed by atoms with E-state index in [2.05, 4.69) is 30.2 Å². The Balaban J connectivity index is 1.62. The van der Waals surface area contributed by atoms with E-state index in [0.717, 1.165) is 6.07 Å². The van der Waals surface area contributed by atoms with Gasteiger partial charge in [-0.1, -0.05) is 6.07 Å². The number of aromatic nitrogens is 5. The fraction of sp³-hybridized carbons (Fsp3) is 0.0769. The van der Waals surface area contributed by atoms with Crippen LogP contribution in [0.15, 0.2) is 61.2 Å². The van der Waals surface area contributed by atoms with Crippen LogP contribution in [0.3, 0.4) is 0 Å². The number of nitrogens with zero attached hydrogens (tertiary/aromatic N) is 5. The van der Waals surface area contributed by atoms with Crippen molar-refractivity contribution in [3.8, 4) is 28.0 Å². The molecule has 0 unspecified atom stereocenters. The van der Waals surface area contributed by atoms with Gasteiger partial charge in [-0.2, -0.15) is 17.6 Å². The Morgan fingerprint density at radius 1 is 1.00 bits per heavy atom. The lowest BCUT2D eigenvalue weighted by Gasteiger charge is -2.16. The van der Waals surface area contributed by atoms with Crippen molar-refractivity contribution >= 4 is 28.6 Å². The maximum Gasteiger partial charge on any atom is 0.433 e. The molecule has 5 aromatic rings. The summed E-state index contributed by atoms with van der Waals surface area (Å²) in [5.41, 5.74) is 6.71. The quantitative estimate of drug-likeness (QED) is 0.212. The highest BCUT2D eigenvalue weighted by Crippen LogP contribution is 2.44. The summed E-state index contributed by atoms with van der Waals surface area (Å²) in [5.74, 6) is -2.18. The number of amides is 1. The predicted molar refractivity (Wildman–Crippen MR) is 134 cm³/mol. The molecule has 2 aromatic carbocycles. The van der Waals surface area contributed by atoms with Crippen molar-refractivity contribution in [2.75, 3.05) is 11.1 Å². The van der Waals surface area contributed by atoms with Crippen molar-refractivity contribution in [2.45, 2.75) is 13.1 Å². The number of hydrogen-bond acceptors (Lipinski definition) is 8. The normalized spacial score (nSPS) is 11.5. The topological polar surface area (TPSA) is 140 Å². The van der Waals surface area contributed by atoms with E-state index >= 15 is 0 Å². The van der Waals surface area contributed by atoms with E-state index in [1.165, 1.54) is 30.6 Å². The Kier molecular flexibility index (Phi) is 6.26. The van der Waals surface area contributed by atoms with E-state index in [9.17, 15) is 27.5 Å². The molecule has 0 saturated heterocycles. The second-order valence-electron chi connectivity index (χ2n) is 8.45. The molecule has 0 aliphatic carbocycles. The molecule has 5 rings (SSSR count). The fourth-order valence-electron chi connectivity index (χ4n) is 4.04. The van der Waals surface area contributed by atoms with Gasteiger partial charge in [0.15, 0.2) is 0 Å². The number of halogens is 4. The van der Waals surface area contributed by atoms with Crippen LogP contribution in [0.1, 0.15) is 21.6 Å². The van der Waals surface area contributed by atoms with E-state index in [1.807, 2.05) is 0 Å². The SMILES string of the molecule is Cc1ccc(C(=O)Nc2cc(C(F)(F)F)ncn2)cc1-c1cc2cnc(N)nc2c(-c2ccnc(F)c2)c1O. The first-order valence-corrected chi connectivity index (χ1v) is 11.2. The molecule has 196 valence electrons. The minimum Gasteiger partial charge on any atom is -0.507 e. The molecule has 1 amide bonds. The fourth-order valence-corrected chi connectivity index (χ4v) is 4.04. The Labute approximate surface area is 217 Å². The van der Waals surface area contributed by atoms with E-state index in [0.29, 0.717) is 28.9 Å². The number of anilines is 2. The molecule has 0 atom stereocenters. The molecule has 39 heavy (non-hydrogen) atoms. The average molecular weight is 535 g/mol. The van der Waals surface area contributed by atoms with Crippen molar-refractivity contribution in [1.82, 2.24) is 24.9 Å². The van der Waals surface area contributed by atoms with E-state index in [1.54, 1.807) is 19.1 Å². The molecular weight excluding hydrogens is 518 g/mol. The zero-order valence-corrected chi connectivity index (χ0v) is 20.0. The summed E-state index contributed by atoms with van der Waals surface area (Å²) in [5, 5.41) is 14.2. The number of phenols is 1. The lowest BCUT2D eigenvalue weighted by Crippen LogP contribution is -2.15. The Morgan fingerprint density at radius 3 is 2.54 bits per heavy atom. The van der Waals surface area contributed by atoms with Gasteiger partial charge >= 0.3 is 6.18 Å². The first-order chi connectivity index (χ1) is 18.5. The van der Waals surface area contributed by atoms with Gasteiger partial charge < -0.3 is 16.2 Å². The Morgan fingerprint density at radius 2 is 1.79 bits per heavy atom. The first kappa shape index (κ1) is 25.4. The number of hydrogen-bond donors (Lipinski definition) is 3. The molecule has 4 N–H and O–H groups in total. The van der Waals surface area contributed by atoms with Crippen LogP contribution in [0, 0.1) is 12.9 Å². The summed E-state index contributed by atoms with van der Waals surface area (Å²) in [4.78, 5) is 31.6. The van der Waals surface area contributed by atoms with Crippen LogP contribution in [-0.2, 0) is 6.18 Å². The number of nitrogens with two attached hydrogens (primary N) is 1. The van der Waals surface area contributed by atoms with Gasteiger partial charge in [0.2, 0.25) is 11.9 Å². The van der Waals surface area contributed by atoms with Crippen molar-refractivity contribution in [2.24, 2.45) is 0 Å². The number of alkyl halides is 3. The molecule has 0 fully saturated rings. The number of nitrogens with one attached hydrogen (secondary N) is 1. The lowest BCUT2D eigenvalue weighted by molar-refractivity contribution is -0.141. The molecule has 0 aliphatic heterocycles. The number of carbonyl (C=O) groups is 1. The smallest absolute Gasteiger partial charge is 0.433 e. The van der Waals surface area contributed by atoms with Crippen LogP contribution >= 0.6 is 0 Å². The van der Waals surface area contributed by atoms with Crippen LogP contribution in [-0.4, -0.2) is 35.9 Å². The van der Waals surface area contributed by atoms with Gasteiger partial charge in [0.1, 0.15) is 23.6 Å². The number of benzene rings is 2. The van der Waals surface area contributed by atoms with Gasteiger partial charge in [-0.15, -0.1) is 0 Å². The molecule has 0 radical (unpaired) electrons. The number of rotatable bonds is 4. The van der Waals surface area contributed by atoms with Crippen LogP contribution in [0.2, 0.25) is 0 Å². The largest absolute Gasteiger partial charge is 0.507 e. The zero-order chi connectivity index (χ0) is 27.9. The Bertz CT molecular complexity index is 1760. The summed E-state index contributed by atoms with van der Waals surface area (Å²) >= 11 is 0. The summed E-state index contributed by atoms with van der Waals surface area (Å²) in [6, 6.07) is 9.38. The highest BCUT2D eigenvalue weighted by Gasteiger charge is 2.33. The molecule has 3 heterocycles. The number of carbonyl (C=O) groups excluding carboxylic acids is 1. The third kappa shape index (κ3) is 5.01. The molecule has 13 heteroatoms. The zero-order valence-electron chi connectivity index (χ0n) is 20.0. The van der Waals surface area contributed by atoms with Gasteiger partial charge in [0.25, 0.3) is 5.91 Å². The third-order valence-electron chi connectivity index (χ3n) is 5.87. The van der Waals surface area contributed by atoms with E-state index < -0.39 is 23.7 Å². The average Bonchev–Trinajstić information content (AvgIpc) is 2.88. The summed E-state index contributed by atoms with van der Waals surface area (Å²) in [6.07, 6.45) is -1.33. The number of pyridine rings is 1. The number of phenolic OH excluding ortho intramolecular Hbond substituents is 1. The minimum absolute atomic E-state index is 0.0568. The summed E-state index contributed by atoms with van der Waals surface area (Å²) in [6.45, 7) is 1.74. The molecule has 0 bridgehead atoms. The van der Waals surface area contributed by atoms with Gasteiger partial charge in [0, 0.05) is 41.0 Å². The molecular formula is C26H17F4N7O2. The first-order valence-electron chi connectivity index (χ1n) is 11.2. The van der Waals surface area contributed by atoms with Crippen molar-refractivity contribution in [3.05, 3.63) is 84.0 Å². The number of nitrogen functional groups attached to an aromatic ring is 1. The molecule has 3 aromatic heterocycles. The number of aromatic hydroxyl groups is 1. The molecule has 0 aliphatic rings. The van der Waals surface area contributed by atoms with Gasteiger partial charge in [-0.3, -0.25) is 4.79 Å².